The summed E-state index contributed by atoms with van der Waals surface area (Å²) in [7, 11) is 0. The minimum atomic E-state index is -0.275. The Morgan fingerprint density at radius 1 is 1.11 bits per heavy atom. The van der Waals surface area contributed by atoms with Crippen molar-refractivity contribution in [1.82, 2.24) is 9.55 Å². The number of hydrogen-bond acceptors (Lipinski definition) is 2. The van der Waals surface area contributed by atoms with Crippen molar-refractivity contribution in [2.24, 2.45) is 5.92 Å². The number of nitrogens with zero attached hydrogens (tertiary/aromatic N) is 1. The smallest absolute Gasteiger partial charge is 0.307 e. The molecule has 0 bridgehead atoms. The zero-order valence-corrected chi connectivity index (χ0v) is 11.1. The highest BCUT2D eigenvalue weighted by atomic mass is 16.2. The van der Waals surface area contributed by atoms with Crippen LogP contribution in [0.4, 0.5) is 0 Å². The summed E-state index contributed by atoms with van der Waals surface area (Å²) in [5, 5.41) is 0.598. The second kappa shape index (κ2) is 4.68. The average Bonchev–Trinajstić information content (AvgIpc) is 2.41. The monoisotopic (exact) mass is 258 g/mol. The number of hydrogen-bond donors (Lipinski definition) is 1. The van der Waals surface area contributed by atoms with Gasteiger partial charge in [0.25, 0.3) is 5.56 Å². The van der Waals surface area contributed by atoms with Gasteiger partial charge < -0.3 is 4.98 Å². The standard InChI is InChI=1S/C15H18N2O2/c1-10-6-8-11(9-7-10)17-14(18)12-4-2-3-5-13(12)16-15(17)19/h2-5,10-11H,6-9H2,1H3,(H,16,19). The maximum atomic E-state index is 12.5. The van der Waals surface area contributed by atoms with Crippen molar-refractivity contribution >= 4 is 10.9 Å². The van der Waals surface area contributed by atoms with Crippen LogP contribution in [0.2, 0.25) is 0 Å². The predicted octanol–water partition coefficient (Wildman–Crippen LogP) is 2.44. The van der Waals surface area contributed by atoms with Crippen LogP contribution < -0.4 is 11.2 Å². The first-order chi connectivity index (χ1) is 9.16. The maximum absolute atomic E-state index is 12.5. The average molecular weight is 258 g/mol. The number of para-hydroxylation sites is 1. The van der Waals surface area contributed by atoms with E-state index in [1.165, 1.54) is 4.57 Å². The normalized spacial score (nSPS) is 23.6. The molecule has 1 fully saturated rings. The van der Waals surface area contributed by atoms with Crippen LogP contribution in [0.3, 0.4) is 0 Å². The molecule has 4 nitrogen and oxygen atoms in total. The number of benzene rings is 1. The number of aromatic amines is 1. The van der Waals surface area contributed by atoms with Crippen LogP contribution in [-0.4, -0.2) is 9.55 Å². The highest BCUT2D eigenvalue weighted by Gasteiger charge is 2.22. The lowest BCUT2D eigenvalue weighted by Crippen LogP contribution is -2.39. The van der Waals surface area contributed by atoms with Crippen LogP contribution in [0.1, 0.15) is 38.6 Å². The van der Waals surface area contributed by atoms with Crippen LogP contribution in [0.15, 0.2) is 33.9 Å². The van der Waals surface area contributed by atoms with E-state index in [9.17, 15) is 9.59 Å². The third kappa shape index (κ3) is 2.11. The SMILES string of the molecule is CC1CCC(n2c(=O)[nH]c3ccccc3c2=O)CC1. The van der Waals surface area contributed by atoms with Crippen molar-refractivity contribution < 1.29 is 0 Å². The molecule has 2 aromatic rings. The topological polar surface area (TPSA) is 54.9 Å². The second-order valence-electron chi connectivity index (χ2n) is 5.56. The minimum Gasteiger partial charge on any atom is -0.307 e. The van der Waals surface area contributed by atoms with Crippen LogP contribution in [0.5, 0.6) is 0 Å². The lowest BCUT2D eigenvalue weighted by molar-refractivity contribution is 0.280. The van der Waals surface area contributed by atoms with Crippen LogP contribution in [0.25, 0.3) is 10.9 Å². The highest BCUT2D eigenvalue weighted by molar-refractivity contribution is 5.76. The number of H-pyrrole nitrogens is 1. The Kier molecular flexibility index (Phi) is 3.01. The number of nitrogens with one attached hydrogen (secondary N) is 1. The fourth-order valence-electron chi connectivity index (χ4n) is 3.01. The molecule has 1 heterocycles. The highest BCUT2D eigenvalue weighted by Crippen LogP contribution is 2.30. The van der Waals surface area contributed by atoms with Crippen molar-refractivity contribution in [1.29, 1.82) is 0 Å². The Morgan fingerprint density at radius 3 is 2.53 bits per heavy atom. The van der Waals surface area contributed by atoms with Gasteiger partial charge in [-0.2, -0.15) is 0 Å². The van der Waals surface area contributed by atoms with Gasteiger partial charge in [0.15, 0.2) is 0 Å². The summed E-state index contributed by atoms with van der Waals surface area (Å²) >= 11 is 0. The zero-order chi connectivity index (χ0) is 13.4. The summed E-state index contributed by atoms with van der Waals surface area (Å²) in [4.78, 5) is 27.4. The molecule has 100 valence electrons. The van der Waals surface area contributed by atoms with Gasteiger partial charge in [0, 0.05) is 6.04 Å². The van der Waals surface area contributed by atoms with Gasteiger partial charge in [-0.25, -0.2) is 4.79 Å². The lowest BCUT2D eigenvalue weighted by atomic mass is 9.87. The van der Waals surface area contributed by atoms with Gasteiger partial charge in [0.1, 0.15) is 0 Å². The van der Waals surface area contributed by atoms with Gasteiger partial charge >= 0.3 is 5.69 Å². The van der Waals surface area contributed by atoms with E-state index < -0.39 is 0 Å². The van der Waals surface area contributed by atoms with Crippen LogP contribution in [0, 0.1) is 5.92 Å². The second-order valence-corrected chi connectivity index (χ2v) is 5.56. The van der Waals surface area contributed by atoms with E-state index in [2.05, 4.69) is 11.9 Å². The predicted molar refractivity (Wildman–Crippen MR) is 75.5 cm³/mol. The third-order valence-corrected chi connectivity index (χ3v) is 4.19. The van der Waals surface area contributed by atoms with Gasteiger partial charge in [0.05, 0.1) is 10.9 Å². The molecule has 4 heteroatoms. The van der Waals surface area contributed by atoms with E-state index in [1.54, 1.807) is 12.1 Å². The molecule has 1 N–H and O–H groups in total. The fourth-order valence-corrected chi connectivity index (χ4v) is 3.01. The van der Waals surface area contributed by atoms with E-state index in [0.29, 0.717) is 16.8 Å². The molecule has 0 amide bonds. The van der Waals surface area contributed by atoms with Gasteiger partial charge in [-0.05, 0) is 43.7 Å². The van der Waals surface area contributed by atoms with Crippen molar-refractivity contribution in [3.63, 3.8) is 0 Å². The Bertz CT molecular complexity index is 706. The molecule has 0 radical (unpaired) electrons. The van der Waals surface area contributed by atoms with Gasteiger partial charge in [-0.1, -0.05) is 19.1 Å². The number of fused-ring (bicyclic) bond motifs is 1. The minimum absolute atomic E-state index is 0.0528. The van der Waals surface area contributed by atoms with Crippen LogP contribution in [-0.2, 0) is 0 Å². The lowest BCUT2D eigenvalue weighted by Gasteiger charge is -2.27. The molecule has 1 aliphatic carbocycles. The molecule has 0 atom stereocenters. The molecule has 1 aromatic carbocycles. The summed E-state index contributed by atoms with van der Waals surface area (Å²) in [6, 6.07) is 7.25. The first-order valence-electron chi connectivity index (χ1n) is 6.90. The Labute approximate surface area is 111 Å². The summed E-state index contributed by atoms with van der Waals surface area (Å²) in [5.41, 5.74) is 0.195. The van der Waals surface area contributed by atoms with E-state index in [-0.39, 0.29) is 17.3 Å². The summed E-state index contributed by atoms with van der Waals surface area (Å²) in [6.45, 7) is 2.23. The zero-order valence-electron chi connectivity index (χ0n) is 11.1. The number of rotatable bonds is 1. The van der Waals surface area contributed by atoms with E-state index in [4.69, 9.17) is 0 Å². The molecule has 0 spiro atoms. The Balaban J connectivity index is 2.14. The first-order valence-corrected chi connectivity index (χ1v) is 6.90. The maximum Gasteiger partial charge on any atom is 0.329 e. The van der Waals surface area contributed by atoms with Crippen molar-refractivity contribution in [2.45, 2.75) is 38.6 Å². The molecule has 0 aliphatic heterocycles. The number of aromatic nitrogens is 2. The Hall–Kier alpha value is -1.84. The molecule has 0 unspecified atom stereocenters. The summed E-state index contributed by atoms with van der Waals surface area (Å²) < 4.78 is 1.42. The largest absolute Gasteiger partial charge is 0.329 e. The van der Waals surface area contributed by atoms with Crippen molar-refractivity contribution in [3.8, 4) is 0 Å². The molecule has 0 saturated heterocycles. The van der Waals surface area contributed by atoms with Crippen molar-refractivity contribution in [3.05, 3.63) is 45.1 Å². The van der Waals surface area contributed by atoms with Crippen molar-refractivity contribution in [2.75, 3.05) is 0 Å². The van der Waals surface area contributed by atoms with E-state index in [0.717, 1.165) is 25.7 Å². The fraction of sp³-hybridized carbons (Fsp3) is 0.467. The van der Waals surface area contributed by atoms with E-state index in [1.807, 2.05) is 12.1 Å². The molecule has 3 rings (SSSR count). The Morgan fingerprint density at radius 2 is 1.79 bits per heavy atom. The molecule has 1 aromatic heterocycles. The molecular formula is C15H18N2O2. The van der Waals surface area contributed by atoms with Gasteiger partial charge in [-0.3, -0.25) is 9.36 Å². The quantitative estimate of drug-likeness (QED) is 0.854. The van der Waals surface area contributed by atoms with E-state index >= 15 is 0 Å². The third-order valence-electron chi connectivity index (χ3n) is 4.19. The first kappa shape index (κ1) is 12.2. The molecule has 1 saturated carbocycles. The molecule has 19 heavy (non-hydrogen) atoms. The summed E-state index contributed by atoms with van der Waals surface area (Å²) in [5.74, 6) is 0.700. The van der Waals surface area contributed by atoms with Gasteiger partial charge in [0.2, 0.25) is 0 Å². The molecular weight excluding hydrogens is 240 g/mol. The van der Waals surface area contributed by atoms with Gasteiger partial charge in [-0.15, -0.1) is 0 Å². The summed E-state index contributed by atoms with van der Waals surface area (Å²) in [6.07, 6.45) is 4.01. The van der Waals surface area contributed by atoms with Crippen LogP contribution >= 0.6 is 0 Å². The molecule has 1 aliphatic rings.